The number of benzene rings is 1. The fourth-order valence-electron chi connectivity index (χ4n) is 2.30. The maximum atomic E-state index is 4.49. The molecule has 3 aromatic heterocycles. The van der Waals surface area contributed by atoms with Gasteiger partial charge in [-0.05, 0) is 23.6 Å². The van der Waals surface area contributed by atoms with Crippen molar-refractivity contribution in [3.05, 3.63) is 48.4 Å². The van der Waals surface area contributed by atoms with E-state index in [1.54, 1.807) is 17.7 Å². The maximum Gasteiger partial charge on any atom is 0.0923 e. The Morgan fingerprint density at radius 3 is 3.06 bits per heavy atom. The molecule has 86 valence electrons. The van der Waals surface area contributed by atoms with Crippen LogP contribution in [0.4, 0.5) is 0 Å². The third kappa shape index (κ3) is 1.29. The summed E-state index contributed by atoms with van der Waals surface area (Å²) in [6, 6.07) is 8.39. The summed E-state index contributed by atoms with van der Waals surface area (Å²) in [7, 11) is 0. The summed E-state index contributed by atoms with van der Waals surface area (Å²) in [5, 5.41) is 4.36. The highest BCUT2D eigenvalue weighted by Gasteiger charge is 2.10. The molecule has 3 nitrogen and oxygen atoms in total. The van der Waals surface area contributed by atoms with Crippen molar-refractivity contribution in [2.45, 2.75) is 0 Å². The van der Waals surface area contributed by atoms with Crippen molar-refractivity contribution < 1.29 is 0 Å². The van der Waals surface area contributed by atoms with E-state index in [0.717, 1.165) is 21.8 Å². The summed E-state index contributed by atoms with van der Waals surface area (Å²) in [5.41, 5.74) is 3.32. The molecule has 0 aliphatic rings. The molecule has 0 atom stereocenters. The van der Waals surface area contributed by atoms with Gasteiger partial charge in [0.1, 0.15) is 0 Å². The predicted octanol–water partition coefficient (Wildman–Crippen LogP) is 3.84. The lowest BCUT2D eigenvalue weighted by atomic mass is 10.1. The number of nitrogens with one attached hydrogen (secondary N) is 1. The van der Waals surface area contributed by atoms with Gasteiger partial charge >= 0.3 is 0 Å². The summed E-state index contributed by atoms with van der Waals surface area (Å²) in [6.45, 7) is 0. The zero-order chi connectivity index (χ0) is 11.9. The summed E-state index contributed by atoms with van der Waals surface area (Å²) in [5.74, 6) is 0. The predicted molar refractivity (Wildman–Crippen MR) is 74.7 cm³/mol. The molecule has 3 heterocycles. The van der Waals surface area contributed by atoms with Crippen molar-refractivity contribution in [2.75, 3.05) is 0 Å². The maximum absolute atomic E-state index is 4.49. The van der Waals surface area contributed by atoms with Gasteiger partial charge in [-0.1, -0.05) is 6.07 Å². The SMILES string of the molecule is c1csc(-c2cc3[nH]cncc3c3ccnc23)c1. The van der Waals surface area contributed by atoms with Crippen LogP contribution in [-0.2, 0) is 0 Å². The lowest BCUT2D eigenvalue weighted by Gasteiger charge is -2.04. The molecule has 0 fully saturated rings. The Balaban J connectivity index is 2.21. The molecule has 4 rings (SSSR count). The minimum atomic E-state index is 1.05. The standard InChI is InChI=1S/C14H9N3S/c1-2-13(18-5-1)10-6-12-11(7-15-8-17-12)9-3-4-16-14(9)10/h1-8H,(H,15,17). The van der Waals surface area contributed by atoms with Crippen LogP contribution in [0.25, 0.3) is 32.2 Å². The number of hydrogen-bond donors (Lipinski definition) is 1. The minimum Gasteiger partial charge on any atom is -0.346 e. The Morgan fingerprint density at radius 2 is 2.17 bits per heavy atom. The molecule has 0 unspecified atom stereocenters. The Labute approximate surface area is 107 Å². The highest BCUT2D eigenvalue weighted by atomic mass is 32.1. The molecule has 18 heavy (non-hydrogen) atoms. The van der Waals surface area contributed by atoms with Gasteiger partial charge in [-0.2, -0.15) is 0 Å². The van der Waals surface area contributed by atoms with E-state index in [1.807, 2.05) is 18.5 Å². The van der Waals surface area contributed by atoms with Crippen LogP contribution in [0.3, 0.4) is 0 Å². The third-order valence-electron chi connectivity index (χ3n) is 3.11. The molecule has 0 aliphatic carbocycles. The van der Waals surface area contributed by atoms with Crippen LogP contribution in [0.15, 0.2) is 48.4 Å². The van der Waals surface area contributed by atoms with Gasteiger partial charge in [-0.15, -0.1) is 11.3 Å². The zero-order valence-corrected chi connectivity index (χ0v) is 10.2. The number of thiophene rings is 1. The molecule has 0 saturated heterocycles. The van der Waals surface area contributed by atoms with Gasteiger partial charge in [-0.3, -0.25) is 4.98 Å². The van der Waals surface area contributed by atoms with Gasteiger partial charge < -0.3 is 4.98 Å². The number of nitrogens with zero attached hydrogens (tertiary/aromatic N) is 2. The zero-order valence-electron chi connectivity index (χ0n) is 9.42. The van der Waals surface area contributed by atoms with Crippen molar-refractivity contribution in [2.24, 2.45) is 0 Å². The molecular formula is C14H9N3S. The summed E-state index contributed by atoms with van der Waals surface area (Å²) < 4.78 is 0. The van der Waals surface area contributed by atoms with Crippen LogP contribution < -0.4 is 0 Å². The molecule has 1 N–H and O–H groups in total. The number of H-pyrrole nitrogens is 1. The molecule has 0 radical (unpaired) electrons. The second kappa shape index (κ2) is 3.65. The third-order valence-corrected chi connectivity index (χ3v) is 4.01. The first-order valence-corrected chi connectivity index (χ1v) is 6.55. The van der Waals surface area contributed by atoms with E-state index < -0.39 is 0 Å². The molecule has 4 aromatic rings. The molecule has 1 aromatic carbocycles. The average molecular weight is 251 g/mol. The topological polar surface area (TPSA) is 41.6 Å². The minimum absolute atomic E-state index is 1.05. The summed E-state index contributed by atoms with van der Waals surface area (Å²) >= 11 is 1.73. The van der Waals surface area contributed by atoms with Crippen molar-refractivity contribution in [1.29, 1.82) is 0 Å². The highest BCUT2D eigenvalue weighted by Crippen LogP contribution is 2.34. The van der Waals surface area contributed by atoms with E-state index in [0.29, 0.717) is 0 Å². The summed E-state index contributed by atoms with van der Waals surface area (Å²) in [4.78, 5) is 13.1. The number of hydrogen-bond acceptors (Lipinski definition) is 3. The number of rotatable bonds is 1. The average Bonchev–Trinajstić information content (AvgIpc) is 3.09. The first-order valence-electron chi connectivity index (χ1n) is 5.67. The van der Waals surface area contributed by atoms with Crippen LogP contribution in [0.2, 0.25) is 0 Å². The molecule has 0 aliphatic heterocycles. The van der Waals surface area contributed by atoms with Crippen LogP contribution >= 0.6 is 11.3 Å². The summed E-state index contributed by atoms with van der Waals surface area (Å²) in [6.07, 6.45) is 5.45. The van der Waals surface area contributed by atoms with Gasteiger partial charge in [0.05, 0.1) is 11.8 Å². The van der Waals surface area contributed by atoms with Crippen molar-refractivity contribution in [3.63, 3.8) is 0 Å². The van der Waals surface area contributed by atoms with E-state index >= 15 is 0 Å². The Kier molecular flexibility index (Phi) is 1.98. The van der Waals surface area contributed by atoms with Crippen molar-refractivity contribution in [1.82, 2.24) is 15.0 Å². The highest BCUT2D eigenvalue weighted by molar-refractivity contribution is 7.13. The first kappa shape index (κ1) is 9.79. The van der Waals surface area contributed by atoms with Gasteiger partial charge in [0.25, 0.3) is 0 Å². The molecule has 0 saturated carbocycles. The van der Waals surface area contributed by atoms with Gasteiger partial charge in [0, 0.05) is 39.1 Å². The van der Waals surface area contributed by atoms with E-state index in [2.05, 4.69) is 38.5 Å². The molecule has 0 amide bonds. The second-order valence-corrected chi connectivity index (χ2v) is 5.07. The van der Waals surface area contributed by atoms with Gasteiger partial charge in [0.15, 0.2) is 0 Å². The smallest absolute Gasteiger partial charge is 0.0923 e. The first-order chi connectivity index (χ1) is 8.93. The number of aromatic amines is 1. The van der Waals surface area contributed by atoms with E-state index in [4.69, 9.17) is 0 Å². The van der Waals surface area contributed by atoms with Crippen molar-refractivity contribution >= 4 is 33.1 Å². The number of fused-ring (bicyclic) bond motifs is 3. The normalized spacial score (nSPS) is 11.3. The fourth-order valence-corrected chi connectivity index (χ4v) is 3.04. The fraction of sp³-hybridized carbons (Fsp3) is 0. The van der Waals surface area contributed by atoms with Crippen LogP contribution in [-0.4, -0.2) is 15.0 Å². The van der Waals surface area contributed by atoms with Crippen molar-refractivity contribution in [3.8, 4) is 10.4 Å². The molecule has 4 heteroatoms. The number of aromatic nitrogens is 3. The second-order valence-electron chi connectivity index (χ2n) is 4.12. The Morgan fingerprint density at radius 1 is 1.17 bits per heavy atom. The molecule has 0 spiro atoms. The Hall–Kier alpha value is -2.20. The molecular weight excluding hydrogens is 242 g/mol. The van der Waals surface area contributed by atoms with E-state index in [9.17, 15) is 0 Å². The van der Waals surface area contributed by atoms with E-state index in [-0.39, 0.29) is 0 Å². The Bertz CT molecular complexity index is 831. The lowest BCUT2D eigenvalue weighted by molar-refractivity contribution is 1.23. The van der Waals surface area contributed by atoms with Crippen LogP contribution in [0.5, 0.6) is 0 Å². The van der Waals surface area contributed by atoms with Crippen LogP contribution in [0.1, 0.15) is 0 Å². The van der Waals surface area contributed by atoms with E-state index in [1.165, 1.54) is 10.4 Å². The van der Waals surface area contributed by atoms with Gasteiger partial charge in [-0.25, -0.2) is 4.98 Å². The van der Waals surface area contributed by atoms with Crippen LogP contribution in [0, 0.1) is 0 Å². The van der Waals surface area contributed by atoms with Gasteiger partial charge in [0.2, 0.25) is 0 Å². The quantitative estimate of drug-likeness (QED) is 0.558. The molecule has 0 bridgehead atoms. The monoisotopic (exact) mass is 251 g/mol. The lowest BCUT2D eigenvalue weighted by Crippen LogP contribution is -1.84. The largest absolute Gasteiger partial charge is 0.346 e.